The van der Waals surface area contributed by atoms with E-state index in [9.17, 15) is 21.6 Å². The van der Waals surface area contributed by atoms with Crippen molar-refractivity contribution in [2.45, 2.75) is 5.51 Å². The van der Waals surface area contributed by atoms with E-state index in [1.54, 1.807) is 60.7 Å². The summed E-state index contributed by atoms with van der Waals surface area (Å²) in [6, 6.07) is 16.2. The number of rotatable bonds is 3. The Balaban J connectivity index is 2.35. The lowest BCUT2D eigenvalue weighted by Gasteiger charge is -2.13. The molecule has 23 heavy (non-hydrogen) atoms. The fourth-order valence-electron chi connectivity index (χ4n) is 1.57. The van der Waals surface area contributed by atoms with Crippen molar-refractivity contribution >= 4 is 27.4 Å². The summed E-state index contributed by atoms with van der Waals surface area (Å²) in [4.78, 5) is 0. The maximum atomic E-state index is 12.5. The van der Waals surface area contributed by atoms with Gasteiger partial charge in [0.05, 0.1) is 0 Å². The van der Waals surface area contributed by atoms with E-state index in [0.29, 0.717) is 11.4 Å². The van der Waals surface area contributed by atoms with Crippen LogP contribution in [0.5, 0.6) is 0 Å². The van der Waals surface area contributed by atoms with Crippen molar-refractivity contribution in [3.63, 3.8) is 0 Å². The molecule has 0 aliphatic rings. The van der Waals surface area contributed by atoms with Crippen LogP contribution < -0.4 is 10.6 Å². The second-order valence-corrected chi connectivity index (χ2v) is 5.94. The molecule has 0 fully saturated rings. The number of guanidine groups is 1. The Hall–Kier alpha value is -2.55. The number of sulfonamides is 1. The molecule has 5 nitrogen and oxygen atoms in total. The second-order valence-electron chi connectivity index (χ2n) is 4.34. The lowest BCUT2D eigenvalue weighted by atomic mass is 10.3. The fraction of sp³-hybridized carbons (Fsp3) is 0.0714. The van der Waals surface area contributed by atoms with Gasteiger partial charge in [0, 0.05) is 11.4 Å². The molecule has 0 spiro atoms. The highest BCUT2D eigenvalue weighted by Gasteiger charge is 2.46. The smallest absolute Gasteiger partial charge is 0.325 e. The van der Waals surface area contributed by atoms with Crippen LogP contribution in [0.25, 0.3) is 0 Å². The Morgan fingerprint density at radius 3 is 1.57 bits per heavy atom. The number of alkyl halides is 3. The van der Waals surface area contributed by atoms with Gasteiger partial charge in [-0.3, -0.25) is 0 Å². The molecule has 2 aromatic carbocycles. The molecule has 0 aliphatic heterocycles. The number of hydrogen-bond acceptors (Lipinski definition) is 2. The molecule has 0 unspecified atom stereocenters. The van der Waals surface area contributed by atoms with Gasteiger partial charge < -0.3 is 10.6 Å². The van der Waals surface area contributed by atoms with E-state index in [1.165, 1.54) is 0 Å². The lowest BCUT2D eigenvalue weighted by molar-refractivity contribution is -0.0435. The van der Waals surface area contributed by atoms with E-state index < -0.39 is 21.5 Å². The quantitative estimate of drug-likeness (QED) is 0.662. The molecule has 0 aromatic heterocycles. The molecule has 0 bridgehead atoms. The Kier molecular flexibility index (Phi) is 4.89. The minimum absolute atomic E-state index is 0.382. The van der Waals surface area contributed by atoms with Crippen molar-refractivity contribution in [1.29, 1.82) is 0 Å². The summed E-state index contributed by atoms with van der Waals surface area (Å²) in [5.41, 5.74) is -4.71. The zero-order valence-electron chi connectivity index (χ0n) is 11.6. The second kappa shape index (κ2) is 6.69. The van der Waals surface area contributed by atoms with Crippen LogP contribution in [0.4, 0.5) is 24.5 Å². The third-order valence-electron chi connectivity index (χ3n) is 2.58. The molecule has 2 aromatic rings. The molecule has 122 valence electrons. The van der Waals surface area contributed by atoms with E-state index in [1.807, 2.05) is 0 Å². The predicted molar refractivity (Wildman–Crippen MR) is 82.5 cm³/mol. The first-order valence-electron chi connectivity index (χ1n) is 6.33. The molecule has 0 saturated carbocycles. The van der Waals surface area contributed by atoms with E-state index >= 15 is 0 Å². The van der Waals surface area contributed by atoms with E-state index in [-0.39, 0.29) is 0 Å². The van der Waals surface area contributed by atoms with Gasteiger partial charge in [-0.25, -0.2) is 0 Å². The molecule has 9 heteroatoms. The average Bonchev–Trinajstić information content (AvgIpc) is 2.47. The van der Waals surface area contributed by atoms with Crippen molar-refractivity contribution in [3.05, 3.63) is 60.7 Å². The Labute approximate surface area is 130 Å². The summed E-state index contributed by atoms with van der Waals surface area (Å²) in [6.07, 6.45) is 0. The van der Waals surface area contributed by atoms with Gasteiger partial charge in [0.15, 0.2) is 0 Å². The average molecular weight is 343 g/mol. The van der Waals surface area contributed by atoms with Crippen molar-refractivity contribution in [1.82, 2.24) is 0 Å². The number of halogens is 3. The summed E-state index contributed by atoms with van der Waals surface area (Å²) in [6.45, 7) is 0. The molecule has 0 radical (unpaired) electrons. The highest BCUT2D eigenvalue weighted by molar-refractivity contribution is 7.91. The van der Waals surface area contributed by atoms with Crippen molar-refractivity contribution < 1.29 is 21.6 Å². The Morgan fingerprint density at radius 2 is 1.22 bits per heavy atom. The van der Waals surface area contributed by atoms with Gasteiger partial charge in [0.25, 0.3) is 0 Å². The normalized spacial score (nSPS) is 11.6. The monoisotopic (exact) mass is 343 g/mol. The minimum atomic E-state index is -5.67. The molecule has 0 amide bonds. The van der Waals surface area contributed by atoms with Gasteiger partial charge in [-0.15, -0.1) is 4.40 Å². The molecule has 0 heterocycles. The van der Waals surface area contributed by atoms with Crippen molar-refractivity contribution in [2.75, 3.05) is 10.6 Å². The highest BCUT2D eigenvalue weighted by Crippen LogP contribution is 2.25. The number of hydrogen-bond donors (Lipinski definition) is 2. The standard InChI is InChI=1S/C14H12F3N3O2S/c15-14(16,17)23(21,22)20-13(18-11-7-3-1-4-8-11)19-12-9-5-2-6-10-12/h1-10H,(H2,18,19,20). The largest absolute Gasteiger partial charge is 0.518 e. The molecule has 0 atom stereocenters. The molecule has 2 rings (SSSR count). The predicted octanol–water partition coefficient (Wildman–Crippen LogP) is 3.42. The van der Waals surface area contributed by atoms with Gasteiger partial charge in [0.2, 0.25) is 5.96 Å². The van der Waals surface area contributed by atoms with Gasteiger partial charge in [-0.05, 0) is 24.3 Å². The molecule has 0 saturated heterocycles. The van der Waals surface area contributed by atoms with Crippen LogP contribution >= 0.6 is 0 Å². The number of benzene rings is 2. The lowest BCUT2D eigenvalue weighted by Crippen LogP contribution is -2.28. The van der Waals surface area contributed by atoms with E-state index in [4.69, 9.17) is 0 Å². The SMILES string of the molecule is O=S(=O)(N=C(Nc1ccccc1)Nc1ccccc1)C(F)(F)F. The van der Waals surface area contributed by atoms with Crippen LogP contribution in [0.1, 0.15) is 0 Å². The summed E-state index contributed by atoms with van der Waals surface area (Å²) < 4.78 is 62.9. The first-order chi connectivity index (χ1) is 10.8. The van der Waals surface area contributed by atoms with Crippen LogP contribution in [0.3, 0.4) is 0 Å². The van der Waals surface area contributed by atoms with Gasteiger partial charge in [0.1, 0.15) is 0 Å². The number of nitrogens with zero attached hydrogens (tertiary/aromatic N) is 1. The highest BCUT2D eigenvalue weighted by atomic mass is 32.2. The minimum Gasteiger partial charge on any atom is -0.325 e. The van der Waals surface area contributed by atoms with E-state index in [2.05, 4.69) is 15.0 Å². The topological polar surface area (TPSA) is 70.6 Å². The van der Waals surface area contributed by atoms with E-state index in [0.717, 1.165) is 0 Å². The summed E-state index contributed by atoms with van der Waals surface area (Å²) in [5, 5.41) is 5.03. The zero-order valence-corrected chi connectivity index (χ0v) is 12.4. The molecule has 2 N–H and O–H groups in total. The maximum Gasteiger partial charge on any atom is 0.518 e. The molecular formula is C14H12F3N3O2S. The maximum absolute atomic E-state index is 12.5. The van der Waals surface area contributed by atoms with Gasteiger partial charge in [-0.1, -0.05) is 36.4 Å². The number of anilines is 2. The van der Waals surface area contributed by atoms with Crippen LogP contribution in [-0.4, -0.2) is 19.9 Å². The number of para-hydroxylation sites is 2. The van der Waals surface area contributed by atoms with Crippen molar-refractivity contribution in [2.24, 2.45) is 4.40 Å². The first-order valence-corrected chi connectivity index (χ1v) is 7.77. The van der Waals surface area contributed by atoms with Crippen LogP contribution in [0.15, 0.2) is 65.1 Å². The third kappa shape index (κ3) is 4.71. The Bertz CT molecular complexity index is 732. The molecular weight excluding hydrogens is 331 g/mol. The Morgan fingerprint density at radius 1 is 0.826 bits per heavy atom. The molecule has 0 aliphatic carbocycles. The van der Waals surface area contributed by atoms with Crippen LogP contribution in [-0.2, 0) is 10.0 Å². The third-order valence-corrected chi connectivity index (χ3v) is 3.58. The zero-order chi connectivity index (χ0) is 16.9. The van der Waals surface area contributed by atoms with Gasteiger partial charge in [-0.2, -0.15) is 21.6 Å². The summed E-state index contributed by atoms with van der Waals surface area (Å²) in [7, 11) is -5.67. The summed E-state index contributed by atoms with van der Waals surface area (Å²) >= 11 is 0. The van der Waals surface area contributed by atoms with Gasteiger partial charge >= 0.3 is 15.5 Å². The van der Waals surface area contributed by atoms with Crippen LogP contribution in [0.2, 0.25) is 0 Å². The van der Waals surface area contributed by atoms with Crippen LogP contribution in [0, 0.1) is 0 Å². The van der Waals surface area contributed by atoms with Crippen molar-refractivity contribution in [3.8, 4) is 0 Å². The summed E-state index contributed by atoms with van der Waals surface area (Å²) in [5.74, 6) is -0.556. The fourth-order valence-corrected chi connectivity index (χ4v) is 2.00. The first kappa shape index (κ1) is 16.8. The number of nitrogens with one attached hydrogen (secondary N) is 2.